The highest BCUT2D eigenvalue weighted by atomic mass is 35.5. The second-order valence-electron chi connectivity index (χ2n) is 5.75. The maximum absolute atomic E-state index is 12.1. The monoisotopic (exact) mass is 281 g/mol. The molecule has 0 aliphatic heterocycles. The third-order valence-corrected chi connectivity index (χ3v) is 3.60. The minimum atomic E-state index is 0.224. The Labute approximate surface area is 121 Å². The summed E-state index contributed by atoms with van der Waals surface area (Å²) >= 11 is 6.15. The van der Waals surface area contributed by atoms with Crippen molar-refractivity contribution in [2.24, 2.45) is 17.6 Å². The van der Waals surface area contributed by atoms with Crippen LogP contribution in [0.1, 0.15) is 37.8 Å². The molecule has 1 aromatic rings. The third kappa shape index (κ3) is 5.75. The van der Waals surface area contributed by atoms with Crippen LogP contribution in [0.2, 0.25) is 5.02 Å². The summed E-state index contributed by atoms with van der Waals surface area (Å²) in [5.74, 6) is 1.09. The molecule has 0 heterocycles. The smallest absolute Gasteiger partial charge is 0.137 e. The minimum Gasteiger partial charge on any atom is -0.330 e. The zero-order valence-corrected chi connectivity index (χ0v) is 12.8. The molecule has 2 N–H and O–H groups in total. The van der Waals surface area contributed by atoms with E-state index in [9.17, 15) is 4.79 Å². The number of nitrogens with two attached hydrogens (primary N) is 1. The molecule has 0 spiro atoms. The van der Waals surface area contributed by atoms with Crippen molar-refractivity contribution in [3.05, 3.63) is 34.3 Å². The first-order valence-electron chi connectivity index (χ1n) is 6.89. The van der Waals surface area contributed by atoms with Crippen LogP contribution in [0.4, 0.5) is 0 Å². The average Bonchev–Trinajstić information content (AvgIpc) is 2.31. The van der Waals surface area contributed by atoms with Gasteiger partial charge in [0, 0.05) is 17.9 Å². The van der Waals surface area contributed by atoms with Gasteiger partial charge >= 0.3 is 0 Å². The number of Topliss-reactive ketones (excluding diaryl/α,β-unsaturated/α-hetero) is 1. The molecule has 0 bridgehead atoms. The Kier molecular flexibility index (Phi) is 6.53. The van der Waals surface area contributed by atoms with Crippen LogP contribution in [0, 0.1) is 18.8 Å². The molecule has 0 fully saturated rings. The molecule has 1 rings (SSSR count). The fourth-order valence-corrected chi connectivity index (χ4v) is 2.63. The molecule has 2 nitrogen and oxygen atoms in total. The largest absolute Gasteiger partial charge is 0.330 e. The summed E-state index contributed by atoms with van der Waals surface area (Å²) in [6.45, 7) is 6.88. The zero-order valence-electron chi connectivity index (χ0n) is 12.1. The van der Waals surface area contributed by atoms with Crippen molar-refractivity contribution < 1.29 is 4.79 Å². The molecule has 1 unspecified atom stereocenters. The fraction of sp³-hybridized carbons (Fsp3) is 0.562. The van der Waals surface area contributed by atoms with Gasteiger partial charge < -0.3 is 5.73 Å². The van der Waals surface area contributed by atoms with Crippen LogP contribution in [0.5, 0.6) is 0 Å². The van der Waals surface area contributed by atoms with E-state index >= 15 is 0 Å². The molecular weight excluding hydrogens is 258 g/mol. The molecule has 1 atom stereocenters. The molecule has 0 amide bonds. The predicted molar refractivity (Wildman–Crippen MR) is 81.5 cm³/mol. The average molecular weight is 282 g/mol. The predicted octanol–water partition coefficient (Wildman–Crippen LogP) is 3.77. The quantitative estimate of drug-likeness (QED) is 0.827. The summed E-state index contributed by atoms with van der Waals surface area (Å²) in [7, 11) is 0. The van der Waals surface area contributed by atoms with Gasteiger partial charge in [-0.25, -0.2) is 0 Å². The number of hydrogen-bond donors (Lipinski definition) is 1. The van der Waals surface area contributed by atoms with Crippen molar-refractivity contribution in [2.45, 2.75) is 40.0 Å². The van der Waals surface area contributed by atoms with E-state index in [1.807, 2.05) is 25.1 Å². The van der Waals surface area contributed by atoms with Crippen molar-refractivity contribution in [3.63, 3.8) is 0 Å². The number of carbonyl (C=O) groups is 1. The van der Waals surface area contributed by atoms with Gasteiger partial charge in [-0.15, -0.1) is 0 Å². The van der Waals surface area contributed by atoms with Crippen LogP contribution in [0.3, 0.4) is 0 Å². The Morgan fingerprint density at radius 1 is 1.37 bits per heavy atom. The van der Waals surface area contributed by atoms with E-state index in [0.717, 1.165) is 17.5 Å². The van der Waals surface area contributed by atoms with E-state index in [1.54, 1.807) is 0 Å². The van der Waals surface area contributed by atoms with Gasteiger partial charge in [0.1, 0.15) is 5.78 Å². The van der Waals surface area contributed by atoms with Crippen LogP contribution in [-0.4, -0.2) is 12.3 Å². The Hall–Kier alpha value is -0.860. The highest BCUT2D eigenvalue weighted by Crippen LogP contribution is 2.20. The highest BCUT2D eigenvalue weighted by molar-refractivity contribution is 6.31. The lowest BCUT2D eigenvalue weighted by molar-refractivity contribution is -0.119. The SMILES string of the molecule is Cc1ccc(CC(=O)CC(CN)CC(C)C)c(Cl)c1. The van der Waals surface area contributed by atoms with E-state index < -0.39 is 0 Å². The van der Waals surface area contributed by atoms with Crippen molar-refractivity contribution in [1.29, 1.82) is 0 Å². The highest BCUT2D eigenvalue weighted by Gasteiger charge is 2.15. The number of aryl methyl sites for hydroxylation is 1. The lowest BCUT2D eigenvalue weighted by Crippen LogP contribution is -2.20. The number of ketones is 1. The first kappa shape index (κ1) is 16.2. The van der Waals surface area contributed by atoms with Crippen molar-refractivity contribution in [1.82, 2.24) is 0 Å². The molecule has 0 saturated carbocycles. The van der Waals surface area contributed by atoms with E-state index in [1.165, 1.54) is 0 Å². The Morgan fingerprint density at radius 2 is 2.05 bits per heavy atom. The van der Waals surface area contributed by atoms with Gasteiger partial charge in [0.2, 0.25) is 0 Å². The van der Waals surface area contributed by atoms with E-state index in [4.69, 9.17) is 17.3 Å². The Morgan fingerprint density at radius 3 is 2.58 bits per heavy atom. The van der Waals surface area contributed by atoms with E-state index in [2.05, 4.69) is 13.8 Å². The summed E-state index contributed by atoms with van der Waals surface area (Å²) in [5, 5.41) is 0.682. The maximum atomic E-state index is 12.1. The maximum Gasteiger partial charge on any atom is 0.137 e. The van der Waals surface area contributed by atoms with Crippen LogP contribution < -0.4 is 5.73 Å². The van der Waals surface area contributed by atoms with Gasteiger partial charge in [0.15, 0.2) is 0 Å². The molecule has 3 heteroatoms. The number of carbonyl (C=O) groups excluding carboxylic acids is 1. The third-order valence-electron chi connectivity index (χ3n) is 3.25. The fourth-order valence-electron chi connectivity index (χ4n) is 2.33. The molecule has 0 aliphatic rings. The molecule has 0 radical (unpaired) electrons. The van der Waals surface area contributed by atoms with Crippen molar-refractivity contribution >= 4 is 17.4 Å². The summed E-state index contributed by atoms with van der Waals surface area (Å²) < 4.78 is 0. The van der Waals surface area contributed by atoms with Crippen molar-refractivity contribution in [3.8, 4) is 0 Å². The van der Waals surface area contributed by atoms with Gasteiger partial charge in [-0.05, 0) is 48.9 Å². The summed E-state index contributed by atoms with van der Waals surface area (Å²) in [4.78, 5) is 12.1. The standard InChI is InChI=1S/C16H24ClNO/c1-11(2)6-13(10-18)8-15(19)9-14-5-4-12(3)7-16(14)17/h4-5,7,11,13H,6,8-10,18H2,1-3H3. The topological polar surface area (TPSA) is 43.1 Å². The zero-order chi connectivity index (χ0) is 14.4. The van der Waals surface area contributed by atoms with Gasteiger partial charge in [-0.3, -0.25) is 4.79 Å². The molecular formula is C16H24ClNO. The first-order valence-corrected chi connectivity index (χ1v) is 7.27. The number of halogens is 1. The van der Waals surface area contributed by atoms with E-state index in [-0.39, 0.29) is 11.7 Å². The van der Waals surface area contributed by atoms with Gasteiger partial charge in [0.25, 0.3) is 0 Å². The van der Waals surface area contributed by atoms with Crippen LogP contribution in [0.15, 0.2) is 18.2 Å². The van der Waals surface area contributed by atoms with Crippen LogP contribution in [-0.2, 0) is 11.2 Å². The second kappa shape index (κ2) is 7.66. The molecule has 106 valence electrons. The second-order valence-corrected chi connectivity index (χ2v) is 6.15. The minimum absolute atomic E-state index is 0.224. The van der Waals surface area contributed by atoms with Crippen LogP contribution >= 0.6 is 11.6 Å². The molecule has 19 heavy (non-hydrogen) atoms. The lowest BCUT2D eigenvalue weighted by atomic mass is 9.91. The Balaban J connectivity index is 2.59. The van der Waals surface area contributed by atoms with Crippen molar-refractivity contribution in [2.75, 3.05) is 6.54 Å². The van der Waals surface area contributed by atoms with Gasteiger partial charge in [-0.2, -0.15) is 0 Å². The lowest BCUT2D eigenvalue weighted by Gasteiger charge is -2.16. The van der Waals surface area contributed by atoms with E-state index in [0.29, 0.717) is 30.3 Å². The number of rotatable bonds is 7. The summed E-state index contributed by atoms with van der Waals surface area (Å²) in [5.41, 5.74) is 7.76. The Bertz CT molecular complexity index is 429. The number of benzene rings is 1. The summed E-state index contributed by atoms with van der Waals surface area (Å²) in [6.07, 6.45) is 1.97. The molecule has 1 aromatic carbocycles. The van der Waals surface area contributed by atoms with Gasteiger partial charge in [-0.1, -0.05) is 37.6 Å². The molecule has 0 saturated heterocycles. The number of hydrogen-bond acceptors (Lipinski definition) is 2. The molecule has 0 aliphatic carbocycles. The first-order chi connectivity index (χ1) is 8.92. The molecule has 0 aromatic heterocycles. The summed E-state index contributed by atoms with van der Waals surface area (Å²) in [6, 6.07) is 5.83. The normalized spacial score (nSPS) is 12.7. The van der Waals surface area contributed by atoms with Gasteiger partial charge in [0.05, 0.1) is 0 Å². The van der Waals surface area contributed by atoms with Crippen LogP contribution in [0.25, 0.3) is 0 Å².